The van der Waals surface area contributed by atoms with E-state index in [-0.39, 0.29) is 0 Å². The molecule has 21 heavy (non-hydrogen) atoms. The van der Waals surface area contributed by atoms with Crippen LogP contribution in [0.25, 0.3) is 0 Å². The first kappa shape index (κ1) is 15.3. The number of aromatic nitrogens is 2. The van der Waals surface area contributed by atoms with Gasteiger partial charge in [0.2, 0.25) is 0 Å². The summed E-state index contributed by atoms with van der Waals surface area (Å²) in [5.41, 5.74) is 4.83. The minimum absolute atomic E-state index is 0.858. The fourth-order valence-corrected chi connectivity index (χ4v) is 2.60. The Kier molecular flexibility index (Phi) is 4.78. The molecule has 0 spiro atoms. The molecule has 0 aliphatic heterocycles. The Hall–Kier alpha value is -2.10. The maximum Gasteiger partial charge on any atom is 0.141 e. The Bertz CT molecular complexity index is 602. The smallest absolute Gasteiger partial charge is 0.141 e. The van der Waals surface area contributed by atoms with Gasteiger partial charge in [0.1, 0.15) is 18.0 Å². The molecule has 1 aromatic carbocycles. The van der Waals surface area contributed by atoms with Crippen LogP contribution in [0.3, 0.4) is 0 Å². The Morgan fingerprint density at radius 3 is 2.29 bits per heavy atom. The van der Waals surface area contributed by atoms with Gasteiger partial charge in [-0.15, -0.1) is 0 Å². The summed E-state index contributed by atoms with van der Waals surface area (Å²) in [6.07, 6.45) is 2.53. The van der Waals surface area contributed by atoms with Gasteiger partial charge in [0.05, 0.1) is 0 Å². The molecule has 0 saturated heterocycles. The van der Waals surface area contributed by atoms with E-state index in [1.54, 1.807) is 6.33 Å². The number of rotatable bonds is 5. The van der Waals surface area contributed by atoms with Gasteiger partial charge >= 0.3 is 0 Å². The Morgan fingerprint density at radius 1 is 1.05 bits per heavy atom. The highest BCUT2D eigenvalue weighted by molar-refractivity contribution is 5.67. The second-order valence-corrected chi connectivity index (χ2v) is 5.31. The van der Waals surface area contributed by atoms with Crippen LogP contribution < -0.4 is 10.2 Å². The Morgan fingerprint density at radius 2 is 1.71 bits per heavy atom. The highest BCUT2D eigenvalue weighted by Crippen LogP contribution is 2.29. The lowest BCUT2D eigenvalue weighted by Gasteiger charge is -2.23. The molecule has 0 fully saturated rings. The molecular weight excluding hydrogens is 260 g/mol. The number of aryl methyl sites for hydroxylation is 2. The summed E-state index contributed by atoms with van der Waals surface area (Å²) in [4.78, 5) is 11.0. The molecule has 1 aromatic heterocycles. The summed E-state index contributed by atoms with van der Waals surface area (Å²) in [5.74, 6) is 1.90. The van der Waals surface area contributed by atoms with Crippen LogP contribution in [0.4, 0.5) is 17.3 Å². The highest BCUT2D eigenvalue weighted by atomic mass is 15.2. The zero-order valence-corrected chi connectivity index (χ0v) is 13.6. The van der Waals surface area contributed by atoms with Crippen molar-refractivity contribution in [1.29, 1.82) is 0 Å². The maximum atomic E-state index is 4.50. The van der Waals surface area contributed by atoms with Crippen LogP contribution in [-0.2, 0) is 6.42 Å². The molecule has 4 heteroatoms. The van der Waals surface area contributed by atoms with E-state index in [0.717, 1.165) is 35.9 Å². The molecule has 0 radical (unpaired) electrons. The zero-order valence-electron chi connectivity index (χ0n) is 13.6. The molecule has 2 aromatic rings. The minimum Gasteiger partial charge on any atom is -0.370 e. The molecule has 4 nitrogen and oxygen atoms in total. The van der Waals surface area contributed by atoms with Gasteiger partial charge < -0.3 is 10.2 Å². The van der Waals surface area contributed by atoms with Crippen LogP contribution in [0, 0.1) is 13.8 Å². The molecule has 1 heterocycles. The number of hydrogen-bond donors (Lipinski definition) is 1. The number of nitrogens with zero attached hydrogens (tertiary/aromatic N) is 3. The topological polar surface area (TPSA) is 41.1 Å². The van der Waals surface area contributed by atoms with Crippen molar-refractivity contribution in [3.05, 3.63) is 41.2 Å². The van der Waals surface area contributed by atoms with Gasteiger partial charge in [-0.05, 0) is 50.5 Å². The third-order valence-electron chi connectivity index (χ3n) is 3.53. The Labute approximate surface area is 127 Å². The number of hydrogen-bond acceptors (Lipinski definition) is 4. The van der Waals surface area contributed by atoms with Crippen LogP contribution in [0.5, 0.6) is 0 Å². The van der Waals surface area contributed by atoms with E-state index in [1.807, 2.05) is 0 Å². The molecule has 1 N–H and O–H groups in total. The minimum atomic E-state index is 0.858. The zero-order chi connectivity index (χ0) is 15.4. The largest absolute Gasteiger partial charge is 0.370 e. The molecule has 0 saturated carbocycles. The van der Waals surface area contributed by atoms with Crippen molar-refractivity contribution in [2.75, 3.05) is 23.8 Å². The molecule has 0 aliphatic carbocycles. The molecule has 0 atom stereocenters. The predicted molar refractivity (Wildman–Crippen MR) is 89.6 cm³/mol. The van der Waals surface area contributed by atoms with Crippen LogP contribution in [0.15, 0.2) is 24.5 Å². The quantitative estimate of drug-likeness (QED) is 0.905. The van der Waals surface area contributed by atoms with Crippen molar-refractivity contribution < 1.29 is 0 Å². The van der Waals surface area contributed by atoms with Gasteiger partial charge in [0, 0.05) is 24.8 Å². The van der Waals surface area contributed by atoms with E-state index < -0.39 is 0 Å². The van der Waals surface area contributed by atoms with E-state index in [9.17, 15) is 0 Å². The first-order chi connectivity index (χ1) is 10.1. The SMILES string of the molecule is CCNc1ncnc(N(C)c2cc(C)cc(C)c2)c1CC. The number of benzene rings is 1. The average Bonchev–Trinajstić information content (AvgIpc) is 2.45. The summed E-state index contributed by atoms with van der Waals surface area (Å²) in [5, 5.41) is 3.32. The van der Waals surface area contributed by atoms with E-state index in [4.69, 9.17) is 0 Å². The van der Waals surface area contributed by atoms with Crippen LogP contribution >= 0.6 is 0 Å². The molecule has 0 amide bonds. The number of anilines is 3. The van der Waals surface area contributed by atoms with Gasteiger partial charge in [0.15, 0.2) is 0 Å². The fourth-order valence-electron chi connectivity index (χ4n) is 2.60. The number of nitrogens with one attached hydrogen (secondary N) is 1. The molecule has 2 rings (SSSR count). The molecule has 0 bridgehead atoms. The van der Waals surface area contributed by atoms with Crippen molar-refractivity contribution in [2.45, 2.75) is 34.1 Å². The van der Waals surface area contributed by atoms with Crippen molar-refractivity contribution in [1.82, 2.24) is 9.97 Å². The highest BCUT2D eigenvalue weighted by Gasteiger charge is 2.14. The van der Waals surface area contributed by atoms with Crippen LogP contribution in [0.1, 0.15) is 30.5 Å². The second-order valence-electron chi connectivity index (χ2n) is 5.31. The van der Waals surface area contributed by atoms with Gasteiger partial charge in [0.25, 0.3) is 0 Å². The lowest BCUT2D eigenvalue weighted by atomic mass is 10.1. The summed E-state index contributed by atoms with van der Waals surface area (Å²) >= 11 is 0. The van der Waals surface area contributed by atoms with E-state index in [0.29, 0.717) is 0 Å². The van der Waals surface area contributed by atoms with Crippen LogP contribution in [-0.4, -0.2) is 23.6 Å². The summed E-state index contributed by atoms with van der Waals surface area (Å²) in [7, 11) is 2.06. The third kappa shape index (κ3) is 3.32. The second kappa shape index (κ2) is 6.57. The summed E-state index contributed by atoms with van der Waals surface area (Å²) in [6, 6.07) is 6.55. The van der Waals surface area contributed by atoms with Crippen LogP contribution in [0.2, 0.25) is 0 Å². The monoisotopic (exact) mass is 284 g/mol. The normalized spacial score (nSPS) is 10.5. The summed E-state index contributed by atoms with van der Waals surface area (Å²) < 4.78 is 0. The molecule has 112 valence electrons. The van der Waals surface area contributed by atoms with Gasteiger partial charge in [-0.25, -0.2) is 9.97 Å². The molecule has 0 unspecified atom stereocenters. The third-order valence-corrected chi connectivity index (χ3v) is 3.53. The first-order valence-electron chi connectivity index (χ1n) is 7.46. The first-order valence-corrected chi connectivity index (χ1v) is 7.46. The van der Waals surface area contributed by atoms with Crippen molar-refractivity contribution >= 4 is 17.3 Å². The van der Waals surface area contributed by atoms with Gasteiger partial charge in [-0.3, -0.25) is 0 Å². The van der Waals surface area contributed by atoms with Crippen molar-refractivity contribution in [3.63, 3.8) is 0 Å². The average molecular weight is 284 g/mol. The van der Waals surface area contributed by atoms with E-state index in [2.05, 4.69) is 73.1 Å². The van der Waals surface area contributed by atoms with Gasteiger partial charge in [-0.1, -0.05) is 13.0 Å². The lowest BCUT2D eigenvalue weighted by molar-refractivity contribution is 0.988. The van der Waals surface area contributed by atoms with E-state index in [1.165, 1.54) is 11.1 Å². The summed E-state index contributed by atoms with van der Waals surface area (Å²) in [6.45, 7) is 9.31. The predicted octanol–water partition coefficient (Wildman–Crippen LogP) is 3.86. The van der Waals surface area contributed by atoms with E-state index >= 15 is 0 Å². The molecule has 0 aliphatic rings. The fraction of sp³-hybridized carbons (Fsp3) is 0.412. The lowest BCUT2D eigenvalue weighted by Crippen LogP contribution is -2.16. The standard InChI is InChI=1S/C17H24N4/c1-6-15-16(18-7-2)19-11-20-17(15)21(5)14-9-12(3)8-13(4)10-14/h8-11H,6-7H2,1-5H3,(H,18,19,20). The van der Waals surface area contributed by atoms with Crippen molar-refractivity contribution in [2.24, 2.45) is 0 Å². The molecular formula is C17H24N4. The Balaban J connectivity index is 2.47. The maximum absolute atomic E-state index is 4.50. The van der Waals surface area contributed by atoms with Gasteiger partial charge in [-0.2, -0.15) is 0 Å². The van der Waals surface area contributed by atoms with Crippen molar-refractivity contribution in [3.8, 4) is 0 Å².